The molecule has 7 heteroatoms. The van der Waals surface area contributed by atoms with Gasteiger partial charge in [0.1, 0.15) is 5.75 Å². The van der Waals surface area contributed by atoms with Crippen LogP contribution in [-0.2, 0) is 0 Å². The summed E-state index contributed by atoms with van der Waals surface area (Å²) in [4.78, 5) is 11.9. The number of carbonyl (C=O) groups excluding carboxylic acids is 1. The van der Waals surface area contributed by atoms with Crippen LogP contribution in [0.4, 0.5) is 13.2 Å². The molecular formula is C12H6BrF3O3. The summed E-state index contributed by atoms with van der Waals surface area (Å²) in [7, 11) is 0. The van der Waals surface area contributed by atoms with Crippen LogP contribution in [0.15, 0.2) is 45.5 Å². The smallest absolute Gasteiger partial charge is 0.446 e. The topological polar surface area (TPSA) is 39.4 Å². The van der Waals surface area contributed by atoms with Crippen LogP contribution in [0.2, 0.25) is 0 Å². The van der Waals surface area contributed by atoms with E-state index in [1.54, 1.807) is 0 Å². The second-order valence-electron chi connectivity index (χ2n) is 3.51. The average molecular weight is 335 g/mol. The van der Waals surface area contributed by atoms with Gasteiger partial charge < -0.3 is 9.15 Å². The third kappa shape index (κ3) is 3.60. The highest BCUT2D eigenvalue weighted by Crippen LogP contribution is 2.25. The van der Waals surface area contributed by atoms with Gasteiger partial charge >= 0.3 is 6.36 Å². The molecule has 1 aromatic heterocycles. The summed E-state index contributed by atoms with van der Waals surface area (Å²) < 4.78 is 45.4. The van der Waals surface area contributed by atoms with Gasteiger partial charge in [0.05, 0.1) is 0 Å². The third-order valence-corrected chi connectivity index (χ3v) is 2.55. The second-order valence-corrected chi connectivity index (χ2v) is 4.29. The van der Waals surface area contributed by atoms with E-state index in [1.165, 1.54) is 24.3 Å². The Balaban J connectivity index is 2.26. The van der Waals surface area contributed by atoms with Gasteiger partial charge in [-0.25, -0.2) is 0 Å². The van der Waals surface area contributed by atoms with Crippen molar-refractivity contribution in [2.75, 3.05) is 0 Å². The summed E-state index contributed by atoms with van der Waals surface area (Å²) in [6.07, 6.45) is -4.80. The van der Waals surface area contributed by atoms with E-state index in [9.17, 15) is 18.0 Å². The molecule has 2 aromatic rings. The fourth-order valence-corrected chi connectivity index (χ4v) is 1.72. The van der Waals surface area contributed by atoms with E-state index in [0.29, 0.717) is 4.67 Å². The second kappa shape index (κ2) is 5.08. The minimum absolute atomic E-state index is 0.0241. The van der Waals surface area contributed by atoms with Crippen LogP contribution in [0.5, 0.6) is 5.75 Å². The van der Waals surface area contributed by atoms with Crippen molar-refractivity contribution in [1.29, 1.82) is 0 Å². The number of furan rings is 1. The molecule has 0 bridgehead atoms. The first kappa shape index (κ1) is 13.7. The van der Waals surface area contributed by atoms with Gasteiger partial charge in [-0.3, -0.25) is 4.79 Å². The van der Waals surface area contributed by atoms with E-state index in [-0.39, 0.29) is 11.3 Å². The highest BCUT2D eigenvalue weighted by Gasteiger charge is 2.31. The van der Waals surface area contributed by atoms with Gasteiger partial charge in [0, 0.05) is 5.56 Å². The van der Waals surface area contributed by atoms with Gasteiger partial charge in [0.2, 0.25) is 5.78 Å². The summed E-state index contributed by atoms with van der Waals surface area (Å²) >= 11 is 3.03. The van der Waals surface area contributed by atoms with Crippen molar-refractivity contribution in [1.82, 2.24) is 0 Å². The highest BCUT2D eigenvalue weighted by molar-refractivity contribution is 9.10. The normalized spacial score (nSPS) is 11.4. The third-order valence-electron chi connectivity index (χ3n) is 2.13. The van der Waals surface area contributed by atoms with E-state index in [0.717, 1.165) is 12.1 Å². The van der Waals surface area contributed by atoms with Crippen LogP contribution in [0.3, 0.4) is 0 Å². The van der Waals surface area contributed by atoms with Crippen molar-refractivity contribution in [3.63, 3.8) is 0 Å². The van der Waals surface area contributed by atoms with Gasteiger partial charge in [-0.1, -0.05) is 12.1 Å². The number of carbonyl (C=O) groups is 1. The number of rotatable bonds is 3. The Labute approximate surface area is 114 Å². The quantitative estimate of drug-likeness (QED) is 0.791. The lowest BCUT2D eigenvalue weighted by molar-refractivity contribution is -0.274. The number of hydrogen-bond donors (Lipinski definition) is 0. The van der Waals surface area contributed by atoms with E-state index >= 15 is 0 Å². The van der Waals surface area contributed by atoms with Gasteiger partial charge in [0.25, 0.3) is 0 Å². The first-order valence-electron chi connectivity index (χ1n) is 5.01. The molecule has 0 N–H and O–H groups in total. The monoisotopic (exact) mass is 334 g/mol. The Morgan fingerprint density at radius 1 is 1.21 bits per heavy atom. The molecule has 100 valence electrons. The molecule has 0 aliphatic carbocycles. The molecule has 0 fully saturated rings. The molecular weight excluding hydrogens is 329 g/mol. The summed E-state index contributed by atoms with van der Waals surface area (Å²) in [5.41, 5.74) is 0.0450. The van der Waals surface area contributed by atoms with Crippen molar-refractivity contribution >= 4 is 21.7 Å². The van der Waals surface area contributed by atoms with Crippen LogP contribution >= 0.6 is 15.9 Å². The number of ether oxygens (including phenoxy) is 1. The molecule has 3 nitrogen and oxygen atoms in total. The van der Waals surface area contributed by atoms with Gasteiger partial charge in [-0.15, -0.1) is 13.2 Å². The molecule has 0 saturated heterocycles. The summed E-state index contributed by atoms with van der Waals surface area (Å²) in [6, 6.07) is 7.73. The molecule has 19 heavy (non-hydrogen) atoms. The molecule has 0 saturated carbocycles. The summed E-state index contributed by atoms with van der Waals surface area (Å²) in [5.74, 6) is -0.960. The zero-order valence-corrected chi connectivity index (χ0v) is 10.8. The van der Waals surface area contributed by atoms with Crippen LogP contribution in [0.1, 0.15) is 16.1 Å². The van der Waals surface area contributed by atoms with Gasteiger partial charge in [-0.2, -0.15) is 0 Å². The Bertz CT molecular complexity index is 604. The number of halogens is 4. The molecule has 1 aromatic carbocycles. The lowest BCUT2D eigenvalue weighted by Crippen LogP contribution is -2.17. The van der Waals surface area contributed by atoms with Crippen LogP contribution < -0.4 is 4.74 Å². The zero-order chi connectivity index (χ0) is 14.0. The highest BCUT2D eigenvalue weighted by atomic mass is 79.9. The standard InChI is InChI=1S/C12H6BrF3O3/c13-10-5-4-9(18-10)11(17)7-2-1-3-8(6-7)19-12(14,15)16/h1-6H. The fourth-order valence-electron chi connectivity index (χ4n) is 1.41. The van der Waals surface area contributed by atoms with Crippen molar-refractivity contribution in [2.45, 2.75) is 6.36 Å². The largest absolute Gasteiger partial charge is 0.573 e. The Morgan fingerprint density at radius 2 is 1.95 bits per heavy atom. The van der Waals surface area contributed by atoms with Gasteiger partial charge in [0.15, 0.2) is 10.4 Å². The molecule has 0 amide bonds. The summed E-state index contributed by atoms with van der Waals surface area (Å²) in [5, 5.41) is 0. The summed E-state index contributed by atoms with van der Waals surface area (Å²) in [6.45, 7) is 0. The van der Waals surface area contributed by atoms with Crippen LogP contribution in [0, 0.1) is 0 Å². The van der Waals surface area contributed by atoms with E-state index in [4.69, 9.17) is 4.42 Å². The van der Waals surface area contributed by atoms with Crippen LogP contribution in [0.25, 0.3) is 0 Å². The van der Waals surface area contributed by atoms with Crippen molar-refractivity contribution in [3.8, 4) is 5.75 Å². The molecule has 0 atom stereocenters. The maximum absolute atomic E-state index is 12.1. The fraction of sp³-hybridized carbons (Fsp3) is 0.0833. The van der Waals surface area contributed by atoms with Gasteiger partial charge in [-0.05, 0) is 40.2 Å². The van der Waals surface area contributed by atoms with Crippen molar-refractivity contribution in [2.24, 2.45) is 0 Å². The van der Waals surface area contributed by atoms with E-state index in [1.807, 2.05) is 0 Å². The predicted octanol–water partition coefficient (Wildman–Crippen LogP) is 4.17. The number of alkyl halides is 3. The number of hydrogen-bond acceptors (Lipinski definition) is 3. The Morgan fingerprint density at radius 3 is 2.53 bits per heavy atom. The molecule has 2 rings (SSSR count). The maximum atomic E-state index is 12.1. The molecule has 0 radical (unpaired) electrons. The van der Waals surface area contributed by atoms with Crippen molar-refractivity contribution < 1.29 is 27.1 Å². The maximum Gasteiger partial charge on any atom is 0.573 e. The minimum Gasteiger partial charge on any atom is -0.446 e. The lowest BCUT2D eigenvalue weighted by atomic mass is 10.1. The Kier molecular flexibility index (Phi) is 3.66. The van der Waals surface area contributed by atoms with E-state index in [2.05, 4.69) is 20.7 Å². The number of benzene rings is 1. The molecule has 0 spiro atoms. The molecule has 0 aliphatic heterocycles. The SMILES string of the molecule is O=C(c1cccc(OC(F)(F)F)c1)c1ccc(Br)o1. The zero-order valence-electron chi connectivity index (χ0n) is 9.20. The lowest BCUT2D eigenvalue weighted by Gasteiger charge is -2.09. The molecule has 0 aliphatic rings. The van der Waals surface area contributed by atoms with E-state index < -0.39 is 17.9 Å². The molecule has 1 heterocycles. The average Bonchev–Trinajstić information content (AvgIpc) is 2.73. The molecule has 0 unspecified atom stereocenters. The first-order valence-corrected chi connectivity index (χ1v) is 5.80. The first-order chi connectivity index (χ1) is 8.85. The number of ketones is 1. The van der Waals surface area contributed by atoms with Crippen molar-refractivity contribution in [3.05, 3.63) is 52.4 Å². The Hall–Kier alpha value is -1.76. The van der Waals surface area contributed by atoms with Crippen LogP contribution in [-0.4, -0.2) is 12.1 Å². The minimum atomic E-state index is -4.80. The predicted molar refractivity (Wildman–Crippen MR) is 63.0 cm³/mol.